The highest BCUT2D eigenvalue weighted by molar-refractivity contribution is 5.92. The first-order chi connectivity index (χ1) is 14.5. The van der Waals surface area contributed by atoms with E-state index in [1.54, 1.807) is 7.05 Å². The van der Waals surface area contributed by atoms with Gasteiger partial charge in [0.1, 0.15) is 0 Å². The Labute approximate surface area is 180 Å². The maximum absolute atomic E-state index is 13.7. The summed E-state index contributed by atoms with van der Waals surface area (Å²) < 4.78 is 0. The van der Waals surface area contributed by atoms with Gasteiger partial charge in [0.05, 0.1) is 5.41 Å². The van der Waals surface area contributed by atoms with E-state index in [0.717, 1.165) is 36.8 Å². The molecule has 153 valence electrons. The number of carbonyl (C=O) groups excluding carboxylic acids is 1. The monoisotopic (exact) mass is 396 g/mol. The van der Waals surface area contributed by atoms with Crippen LogP contribution in [0.15, 0.2) is 66.7 Å². The Balaban J connectivity index is 1.89. The summed E-state index contributed by atoms with van der Waals surface area (Å²) >= 11 is 0. The number of hydrogen-bond acceptors (Lipinski definition) is 1. The van der Waals surface area contributed by atoms with Gasteiger partial charge in [-0.25, -0.2) is 0 Å². The highest BCUT2D eigenvalue weighted by atomic mass is 16.2. The molecule has 0 aliphatic heterocycles. The second-order valence-electron chi connectivity index (χ2n) is 8.61. The third-order valence-corrected chi connectivity index (χ3v) is 6.65. The van der Waals surface area contributed by atoms with Crippen molar-refractivity contribution in [1.82, 2.24) is 5.32 Å². The lowest BCUT2D eigenvalue weighted by atomic mass is 9.65. The lowest BCUT2D eigenvalue weighted by Crippen LogP contribution is -2.45. The zero-order valence-corrected chi connectivity index (χ0v) is 18.2. The molecular weight excluding hydrogens is 366 g/mol. The van der Waals surface area contributed by atoms with Crippen LogP contribution in [0, 0.1) is 19.9 Å². The number of carbonyl (C=O) groups is 1. The Morgan fingerprint density at radius 3 is 2.17 bits per heavy atom. The molecule has 1 N–H and O–H groups in total. The molecule has 0 fully saturated rings. The summed E-state index contributed by atoms with van der Waals surface area (Å²) in [5.74, 6) is 0.383. The average molecular weight is 397 g/mol. The molecule has 1 unspecified atom stereocenters. The number of nitrogens with one attached hydrogen (secondary N) is 1. The molecule has 1 amide bonds. The van der Waals surface area contributed by atoms with Gasteiger partial charge in [0, 0.05) is 7.05 Å². The minimum Gasteiger partial charge on any atom is -0.358 e. The van der Waals surface area contributed by atoms with Gasteiger partial charge >= 0.3 is 0 Å². The lowest BCUT2D eigenvalue weighted by Gasteiger charge is -2.38. The number of likely N-dealkylation sites (N-methyl/N-ethyl adjacent to an activating group) is 1. The van der Waals surface area contributed by atoms with Crippen LogP contribution in [0.2, 0.25) is 0 Å². The SMILES string of the molecule is CNC(=O)C(CC1CCCc2[c]cccc21)(c1ccc(C)cc1)c1ccc(C)cc1. The standard InChI is InChI=1S/C28H30NO/c1-20-11-15-24(16-12-20)28(27(30)29-3,25-17-13-21(2)14-18-25)19-23-9-6-8-22-7-4-5-10-26(22)23/h4-5,10-18,23H,6,8-9,19H2,1-3H3,(H,29,30). The van der Waals surface area contributed by atoms with Gasteiger partial charge in [0.15, 0.2) is 0 Å². The van der Waals surface area contributed by atoms with Crippen LogP contribution >= 0.6 is 0 Å². The predicted octanol–water partition coefficient (Wildman–Crippen LogP) is 5.65. The van der Waals surface area contributed by atoms with Gasteiger partial charge in [0.25, 0.3) is 0 Å². The van der Waals surface area contributed by atoms with Gasteiger partial charge in [-0.2, -0.15) is 0 Å². The van der Waals surface area contributed by atoms with Crippen LogP contribution in [0.3, 0.4) is 0 Å². The fraction of sp³-hybridized carbons (Fsp3) is 0.321. The molecule has 0 spiro atoms. The van der Waals surface area contributed by atoms with E-state index in [-0.39, 0.29) is 5.91 Å². The topological polar surface area (TPSA) is 29.1 Å². The zero-order valence-electron chi connectivity index (χ0n) is 18.2. The van der Waals surface area contributed by atoms with Gasteiger partial charge < -0.3 is 5.32 Å². The molecule has 0 aromatic heterocycles. The van der Waals surface area contributed by atoms with Crippen LogP contribution in [0.25, 0.3) is 0 Å². The smallest absolute Gasteiger partial charge is 0.234 e. The van der Waals surface area contributed by atoms with E-state index >= 15 is 0 Å². The van der Waals surface area contributed by atoms with Crippen LogP contribution in [-0.4, -0.2) is 13.0 Å². The summed E-state index contributed by atoms with van der Waals surface area (Å²) in [6.07, 6.45) is 4.07. The van der Waals surface area contributed by atoms with E-state index in [0.29, 0.717) is 5.92 Å². The summed E-state index contributed by atoms with van der Waals surface area (Å²) in [6, 6.07) is 26.7. The van der Waals surface area contributed by atoms with Crippen molar-refractivity contribution in [1.29, 1.82) is 0 Å². The largest absolute Gasteiger partial charge is 0.358 e. The van der Waals surface area contributed by atoms with Crippen LogP contribution in [0.4, 0.5) is 0 Å². The molecule has 0 bridgehead atoms. The summed E-state index contributed by atoms with van der Waals surface area (Å²) in [5.41, 5.74) is 6.46. The van der Waals surface area contributed by atoms with Crippen LogP contribution in [0.1, 0.15) is 58.6 Å². The van der Waals surface area contributed by atoms with Crippen molar-refractivity contribution < 1.29 is 4.79 Å². The third-order valence-electron chi connectivity index (χ3n) is 6.65. The summed E-state index contributed by atoms with van der Waals surface area (Å²) in [7, 11) is 1.75. The number of rotatable bonds is 5. The Kier molecular flexibility index (Phi) is 5.76. The minimum atomic E-state index is -0.731. The number of fused-ring (bicyclic) bond motifs is 1. The molecule has 2 nitrogen and oxygen atoms in total. The first-order valence-electron chi connectivity index (χ1n) is 10.9. The molecule has 1 atom stereocenters. The number of benzene rings is 3. The van der Waals surface area contributed by atoms with Crippen LogP contribution in [-0.2, 0) is 16.6 Å². The number of amides is 1. The van der Waals surface area contributed by atoms with Gasteiger partial charge in [-0.05, 0) is 73.8 Å². The van der Waals surface area contributed by atoms with Crippen LogP contribution < -0.4 is 5.32 Å². The molecule has 0 saturated heterocycles. The zero-order chi connectivity index (χ0) is 21.1. The predicted molar refractivity (Wildman–Crippen MR) is 123 cm³/mol. The fourth-order valence-corrected chi connectivity index (χ4v) is 4.99. The van der Waals surface area contributed by atoms with E-state index < -0.39 is 5.41 Å². The quantitative estimate of drug-likeness (QED) is 0.593. The second-order valence-corrected chi connectivity index (χ2v) is 8.61. The maximum atomic E-state index is 13.7. The summed E-state index contributed by atoms with van der Waals surface area (Å²) in [5, 5.41) is 3.00. The van der Waals surface area contributed by atoms with E-state index in [1.165, 1.54) is 22.3 Å². The van der Waals surface area contributed by atoms with Crippen molar-refractivity contribution >= 4 is 5.91 Å². The Hall–Kier alpha value is -2.87. The molecule has 0 heterocycles. The molecule has 2 heteroatoms. The van der Waals surface area contributed by atoms with Crippen molar-refractivity contribution in [3.63, 3.8) is 0 Å². The molecule has 3 aromatic carbocycles. The van der Waals surface area contributed by atoms with E-state index in [4.69, 9.17) is 0 Å². The first-order valence-corrected chi connectivity index (χ1v) is 10.9. The van der Waals surface area contributed by atoms with Crippen molar-refractivity contribution in [3.05, 3.63) is 106 Å². The third kappa shape index (κ3) is 3.67. The lowest BCUT2D eigenvalue weighted by molar-refractivity contribution is -0.125. The van der Waals surface area contributed by atoms with Crippen molar-refractivity contribution in [2.45, 2.75) is 50.9 Å². The maximum Gasteiger partial charge on any atom is 0.234 e. The number of aryl methyl sites for hydroxylation is 3. The molecule has 1 aliphatic rings. The van der Waals surface area contributed by atoms with Crippen molar-refractivity contribution in [2.24, 2.45) is 0 Å². The number of hydrogen-bond donors (Lipinski definition) is 1. The summed E-state index contributed by atoms with van der Waals surface area (Å²) in [4.78, 5) is 13.7. The Morgan fingerprint density at radius 2 is 1.60 bits per heavy atom. The Morgan fingerprint density at radius 1 is 1.00 bits per heavy atom. The second kappa shape index (κ2) is 8.47. The molecule has 3 aromatic rings. The molecular formula is C28H30NO. The normalized spacial score (nSPS) is 16.0. The molecule has 30 heavy (non-hydrogen) atoms. The molecule has 1 aliphatic carbocycles. The first kappa shape index (κ1) is 20.4. The fourth-order valence-electron chi connectivity index (χ4n) is 4.99. The van der Waals surface area contributed by atoms with E-state index in [9.17, 15) is 4.79 Å². The van der Waals surface area contributed by atoms with Gasteiger partial charge in [-0.1, -0.05) is 77.9 Å². The van der Waals surface area contributed by atoms with E-state index in [2.05, 4.69) is 85.9 Å². The molecule has 0 saturated carbocycles. The average Bonchev–Trinajstić information content (AvgIpc) is 2.78. The van der Waals surface area contributed by atoms with E-state index in [1.807, 2.05) is 6.07 Å². The van der Waals surface area contributed by atoms with Gasteiger partial charge in [-0.3, -0.25) is 4.79 Å². The van der Waals surface area contributed by atoms with Crippen molar-refractivity contribution in [2.75, 3.05) is 7.05 Å². The highest BCUT2D eigenvalue weighted by Gasteiger charge is 2.44. The Bertz CT molecular complexity index is 972. The highest BCUT2D eigenvalue weighted by Crippen LogP contribution is 2.45. The van der Waals surface area contributed by atoms with Crippen LogP contribution in [0.5, 0.6) is 0 Å². The molecule has 4 rings (SSSR count). The molecule has 1 radical (unpaired) electrons. The van der Waals surface area contributed by atoms with Crippen molar-refractivity contribution in [3.8, 4) is 0 Å². The van der Waals surface area contributed by atoms with Gasteiger partial charge in [0.2, 0.25) is 5.91 Å². The summed E-state index contributed by atoms with van der Waals surface area (Å²) in [6.45, 7) is 4.18. The van der Waals surface area contributed by atoms with Gasteiger partial charge in [-0.15, -0.1) is 0 Å². The minimum absolute atomic E-state index is 0.0576.